The van der Waals surface area contributed by atoms with Crippen LogP contribution in [0.15, 0.2) is 29.4 Å². The van der Waals surface area contributed by atoms with E-state index in [9.17, 15) is 14.7 Å². The zero-order valence-electron chi connectivity index (χ0n) is 14.1. The molecule has 4 atom stereocenters. The molecule has 1 N–H and O–H groups in total. The average molecular weight is 464 g/mol. The molecule has 2 amide bonds. The van der Waals surface area contributed by atoms with Crippen molar-refractivity contribution in [1.82, 2.24) is 5.01 Å². The number of imide groups is 1. The normalized spacial score (nSPS) is 32.9. The van der Waals surface area contributed by atoms with Gasteiger partial charge in [0.2, 0.25) is 0 Å². The fourth-order valence-corrected chi connectivity index (χ4v) is 5.75. The predicted molar refractivity (Wildman–Crippen MR) is 102 cm³/mol. The number of hydrazone groups is 1. The molecule has 4 unspecified atom stereocenters. The van der Waals surface area contributed by atoms with Gasteiger partial charge in [-0.15, -0.1) is 0 Å². The van der Waals surface area contributed by atoms with E-state index in [0.717, 1.165) is 17.9 Å². The Morgan fingerprint density at radius 3 is 2.38 bits per heavy atom. The van der Waals surface area contributed by atoms with Gasteiger partial charge in [0.1, 0.15) is 0 Å². The second kappa shape index (κ2) is 5.31. The van der Waals surface area contributed by atoms with E-state index >= 15 is 0 Å². The van der Waals surface area contributed by atoms with Gasteiger partial charge in [0.15, 0.2) is 11.5 Å². The second-order valence-corrected chi connectivity index (χ2v) is 8.67. The maximum Gasteiger partial charge on any atom is 0.254 e. The van der Waals surface area contributed by atoms with Crippen molar-refractivity contribution in [2.24, 2.45) is 34.2 Å². The molecule has 3 aliphatic carbocycles. The Bertz CT molecular complexity index is 871. The number of halogens is 1. The third-order valence-electron chi connectivity index (χ3n) is 6.42. The Kier molecular flexibility index (Phi) is 3.33. The summed E-state index contributed by atoms with van der Waals surface area (Å²) in [7, 11) is 1.47. The first-order chi connectivity index (χ1) is 12.5. The number of methoxy groups -OCH3 is 1. The molecular formula is C19H17IN2O4. The van der Waals surface area contributed by atoms with E-state index in [1.54, 1.807) is 12.1 Å². The maximum absolute atomic E-state index is 12.9. The standard InChI is InChI=1S/C19H17IN2O4/c1-26-13-7-9(6-12(20)16(13)23)8-21-22-17(24)14-10-2-3-11(15(14)18(22)25)19(10)4-5-19/h2-3,6-8,10-11,14-15,23H,4-5H2,1H3. The van der Waals surface area contributed by atoms with E-state index < -0.39 is 0 Å². The molecule has 0 aromatic heterocycles. The van der Waals surface area contributed by atoms with Crippen molar-refractivity contribution >= 4 is 40.6 Å². The number of hydrogen-bond donors (Lipinski definition) is 1. The summed E-state index contributed by atoms with van der Waals surface area (Å²) in [5.41, 5.74) is 0.846. The van der Waals surface area contributed by atoms with Crippen molar-refractivity contribution in [1.29, 1.82) is 0 Å². The highest BCUT2D eigenvalue weighted by atomic mass is 127. The quantitative estimate of drug-likeness (QED) is 0.323. The van der Waals surface area contributed by atoms with Crippen molar-refractivity contribution < 1.29 is 19.4 Å². The predicted octanol–water partition coefficient (Wildman–Crippen LogP) is 2.54. The number of allylic oxidation sites excluding steroid dienone is 2. The number of aromatic hydroxyl groups is 1. The Labute approximate surface area is 164 Å². The molecule has 1 heterocycles. The van der Waals surface area contributed by atoms with Gasteiger partial charge < -0.3 is 9.84 Å². The summed E-state index contributed by atoms with van der Waals surface area (Å²) >= 11 is 1.99. The Morgan fingerprint density at radius 2 is 1.85 bits per heavy atom. The molecule has 7 heteroatoms. The molecule has 0 radical (unpaired) electrons. The van der Waals surface area contributed by atoms with Crippen LogP contribution in [0.2, 0.25) is 0 Å². The van der Waals surface area contributed by atoms with Gasteiger partial charge in [0.05, 0.1) is 28.7 Å². The smallest absolute Gasteiger partial charge is 0.254 e. The van der Waals surface area contributed by atoms with Gasteiger partial charge in [-0.2, -0.15) is 10.1 Å². The van der Waals surface area contributed by atoms with Crippen LogP contribution in [0.1, 0.15) is 18.4 Å². The molecule has 6 nitrogen and oxygen atoms in total. The van der Waals surface area contributed by atoms with Crippen LogP contribution in [0.25, 0.3) is 0 Å². The number of hydrogen-bond acceptors (Lipinski definition) is 5. The van der Waals surface area contributed by atoms with Crippen molar-refractivity contribution in [2.75, 3.05) is 7.11 Å². The van der Waals surface area contributed by atoms with E-state index in [1.165, 1.54) is 13.3 Å². The Morgan fingerprint density at radius 1 is 1.23 bits per heavy atom. The number of phenols is 1. The summed E-state index contributed by atoms with van der Waals surface area (Å²) in [6, 6.07) is 3.34. The SMILES string of the molecule is COc1cc(C=NN2C(=O)C3C(C2=O)C2C=CC3C23CC3)cc(I)c1O. The number of fused-ring (bicyclic) bond motifs is 3. The summed E-state index contributed by atoms with van der Waals surface area (Å²) < 4.78 is 5.74. The van der Waals surface area contributed by atoms with Gasteiger partial charge in [-0.25, -0.2) is 0 Å². The van der Waals surface area contributed by atoms with Crippen LogP contribution in [0.5, 0.6) is 11.5 Å². The summed E-state index contributed by atoms with van der Waals surface area (Å²) in [5.74, 6) is -0.0663. The van der Waals surface area contributed by atoms with Gasteiger partial charge in [-0.1, -0.05) is 12.2 Å². The zero-order chi connectivity index (χ0) is 18.2. The first-order valence-corrected chi connectivity index (χ1v) is 9.72. The fraction of sp³-hybridized carbons (Fsp3) is 0.421. The molecule has 26 heavy (non-hydrogen) atoms. The fourth-order valence-electron chi connectivity index (χ4n) is 5.12. The molecule has 1 aromatic carbocycles. The van der Waals surface area contributed by atoms with Crippen LogP contribution < -0.4 is 4.74 Å². The first-order valence-electron chi connectivity index (χ1n) is 8.64. The van der Waals surface area contributed by atoms with Crippen molar-refractivity contribution in [3.8, 4) is 11.5 Å². The molecule has 5 rings (SSSR count). The van der Waals surface area contributed by atoms with Crippen LogP contribution in [0, 0.1) is 32.7 Å². The van der Waals surface area contributed by atoms with Crippen LogP contribution in [-0.4, -0.2) is 35.3 Å². The molecule has 1 spiro atoms. The highest BCUT2D eigenvalue weighted by molar-refractivity contribution is 14.1. The van der Waals surface area contributed by atoms with Gasteiger partial charge in [-0.3, -0.25) is 9.59 Å². The minimum atomic E-state index is -0.244. The molecule has 2 bridgehead atoms. The lowest BCUT2D eigenvalue weighted by atomic mass is 9.85. The van der Waals surface area contributed by atoms with Gasteiger partial charge >= 0.3 is 0 Å². The largest absolute Gasteiger partial charge is 0.504 e. The lowest BCUT2D eigenvalue weighted by Crippen LogP contribution is -2.30. The lowest BCUT2D eigenvalue weighted by Gasteiger charge is -2.18. The molecular weight excluding hydrogens is 447 g/mol. The van der Waals surface area contributed by atoms with Crippen LogP contribution >= 0.6 is 22.6 Å². The number of carbonyl (C=O) groups excluding carboxylic acids is 2. The minimum absolute atomic E-state index is 0.0606. The molecule has 1 saturated heterocycles. The first kappa shape index (κ1) is 16.3. The number of carbonyl (C=O) groups is 2. The van der Waals surface area contributed by atoms with Crippen molar-refractivity contribution in [3.63, 3.8) is 0 Å². The maximum atomic E-state index is 12.9. The van der Waals surface area contributed by atoms with Crippen LogP contribution in [0.4, 0.5) is 0 Å². The summed E-state index contributed by atoms with van der Waals surface area (Å²) in [5, 5.41) is 15.1. The third kappa shape index (κ3) is 1.95. The van der Waals surface area contributed by atoms with Gasteiger partial charge in [-0.05, 0) is 70.4 Å². The number of benzene rings is 1. The number of amides is 2. The lowest BCUT2D eigenvalue weighted by molar-refractivity contribution is -0.141. The van der Waals surface area contributed by atoms with Gasteiger partial charge in [0.25, 0.3) is 11.8 Å². The number of nitrogens with zero attached hydrogens (tertiary/aromatic N) is 2. The van der Waals surface area contributed by atoms with Crippen LogP contribution in [-0.2, 0) is 9.59 Å². The van der Waals surface area contributed by atoms with E-state index in [4.69, 9.17) is 4.74 Å². The topological polar surface area (TPSA) is 79.2 Å². The van der Waals surface area contributed by atoms with Crippen molar-refractivity contribution in [2.45, 2.75) is 12.8 Å². The highest BCUT2D eigenvalue weighted by Gasteiger charge is 2.73. The molecule has 1 aromatic rings. The Balaban J connectivity index is 1.43. The third-order valence-corrected chi connectivity index (χ3v) is 7.24. The number of phenolic OH excluding ortho intramolecular Hbond substituents is 1. The van der Waals surface area contributed by atoms with Gasteiger partial charge in [0, 0.05) is 0 Å². The summed E-state index contributed by atoms with van der Waals surface area (Å²) in [4.78, 5) is 25.7. The minimum Gasteiger partial charge on any atom is -0.504 e. The van der Waals surface area contributed by atoms with Crippen molar-refractivity contribution in [3.05, 3.63) is 33.4 Å². The highest BCUT2D eigenvalue weighted by Crippen LogP contribution is 2.73. The van der Waals surface area contributed by atoms with Crippen LogP contribution in [0.3, 0.4) is 0 Å². The Hall–Kier alpha value is -1.90. The van der Waals surface area contributed by atoms with E-state index in [0.29, 0.717) is 14.9 Å². The number of ether oxygens (including phenoxy) is 1. The summed E-state index contributed by atoms with van der Waals surface area (Å²) in [6.45, 7) is 0. The van der Waals surface area contributed by atoms with E-state index in [2.05, 4.69) is 17.3 Å². The summed E-state index contributed by atoms with van der Waals surface area (Å²) in [6.07, 6.45) is 8.01. The monoisotopic (exact) mass is 464 g/mol. The number of rotatable bonds is 3. The van der Waals surface area contributed by atoms with E-state index in [-0.39, 0.29) is 46.7 Å². The van der Waals surface area contributed by atoms with E-state index in [1.807, 2.05) is 22.6 Å². The molecule has 134 valence electrons. The molecule has 1 aliphatic heterocycles. The molecule has 2 saturated carbocycles. The molecule has 3 fully saturated rings. The molecule has 4 aliphatic rings. The average Bonchev–Trinajstić information content (AvgIpc) is 3.23. The second-order valence-electron chi connectivity index (χ2n) is 7.51. The zero-order valence-corrected chi connectivity index (χ0v) is 16.2.